The number of halogens is 2. The molecular formula is C21H27ClFN3O4. The Balaban J connectivity index is 0.00000256. The molecule has 1 saturated heterocycles. The van der Waals surface area contributed by atoms with E-state index in [1.54, 1.807) is 6.07 Å². The predicted octanol–water partition coefficient (Wildman–Crippen LogP) is 2.49. The Bertz CT molecular complexity index is 984. The number of hydrogen-bond donors (Lipinski definition) is 2. The number of unbranched alkanes of at least 4 members (excludes halogenated alkanes) is 1. The summed E-state index contributed by atoms with van der Waals surface area (Å²) in [5, 5.41) is 18.4. The Kier molecular flexibility index (Phi) is 7.00. The number of carboxylic acids is 1. The first-order valence-corrected chi connectivity index (χ1v) is 10.2. The molecule has 0 radical (unpaired) electrons. The molecule has 9 heteroatoms. The van der Waals surface area contributed by atoms with Crippen molar-refractivity contribution in [2.75, 3.05) is 44.2 Å². The second-order valence-corrected chi connectivity index (χ2v) is 7.90. The van der Waals surface area contributed by atoms with Crippen molar-refractivity contribution in [3.63, 3.8) is 0 Å². The number of aromatic carboxylic acids is 1. The van der Waals surface area contributed by atoms with Gasteiger partial charge in [0.2, 0.25) is 5.43 Å². The number of hydrogen-bond acceptors (Lipinski definition) is 5. The maximum Gasteiger partial charge on any atom is 0.341 e. The van der Waals surface area contributed by atoms with E-state index in [-0.39, 0.29) is 36.0 Å². The van der Waals surface area contributed by atoms with Crippen LogP contribution < -0.4 is 10.3 Å². The molecule has 7 nitrogen and oxygen atoms in total. The monoisotopic (exact) mass is 439 g/mol. The normalized spacial score (nSPS) is 17.2. The molecule has 4 rings (SSSR count). The third kappa shape index (κ3) is 4.45. The number of benzene rings is 1. The van der Waals surface area contributed by atoms with Crippen LogP contribution in [0.1, 0.15) is 42.1 Å². The molecule has 0 atom stereocenters. The maximum absolute atomic E-state index is 14.9. The fourth-order valence-corrected chi connectivity index (χ4v) is 4.07. The third-order valence-corrected chi connectivity index (χ3v) is 5.87. The van der Waals surface area contributed by atoms with Gasteiger partial charge in [-0.25, -0.2) is 9.18 Å². The molecule has 2 heterocycles. The predicted molar refractivity (Wildman–Crippen MR) is 116 cm³/mol. The van der Waals surface area contributed by atoms with Crippen molar-refractivity contribution in [1.29, 1.82) is 0 Å². The molecule has 2 aromatic rings. The van der Waals surface area contributed by atoms with Crippen LogP contribution in [0.15, 0.2) is 23.1 Å². The summed E-state index contributed by atoms with van der Waals surface area (Å²) in [6.45, 7) is 4.12. The van der Waals surface area contributed by atoms with Crippen molar-refractivity contribution in [2.45, 2.75) is 31.7 Å². The Hall–Kier alpha value is -2.16. The second kappa shape index (κ2) is 9.32. The number of aromatic nitrogens is 1. The lowest BCUT2D eigenvalue weighted by atomic mass is 10.1. The molecule has 1 aliphatic carbocycles. The SMILES string of the molecule is Cl.O=C(O)c1cn(C2CC2)c2cc(N3CCN(CCCCO)CC3)c(F)cc2c1=O. The molecular weight excluding hydrogens is 413 g/mol. The highest BCUT2D eigenvalue weighted by atomic mass is 35.5. The highest BCUT2D eigenvalue weighted by molar-refractivity contribution is 5.93. The summed E-state index contributed by atoms with van der Waals surface area (Å²) in [6, 6.07) is 3.07. The number of anilines is 1. The van der Waals surface area contributed by atoms with Crippen LogP contribution in [-0.4, -0.2) is 65.0 Å². The molecule has 164 valence electrons. The zero-order valence-electron chi connectivity index (χ0n) is 16.7. The minimum atomic E-state index is -1.28. The van der Waals surface area contributed by atoms with Gasteiger partial charge in [0.15, 0.2) is 0 Å². The molecule has 1 aromatic heterocycles. The van der Waals surface area contributed by atoms with Crippen LogP contribution in [-0.2, 0) is 0 Å². The van der Waals surface area contributed by atoms with E-state index >= 15 is 0 Å². The van der Waals surface area contributed by atoms with Crippen LogP contribution in [0, 0.1) is 5.82 Å². The van der Waals surface area contributed by atoms with E-state index in [1.807, 2.05) is 9.47 Å². The van der Waals surface area contributed by atoms with Crippen LogP contribution in [0.25, 0.3) is 10.9 Å². The molecule has 1 aliphatic heterocycles. The van der Waals surface area contributed by atoms with E-state index in [1.165, 1.54) is 12.3 Å². The van der Waals surface area contributed by atoms with E-state index in [2.05, 4.69) is 4.90 Å². The largest absolute Gasteiger partial charge is 0.477 e. The first kappa shape index (κ1) is 22.5. The van der Waals surface area contributed by atoms with Gasteiger partial charge >= 0.3 is 5.97 Å². The highest BCUT2D eigenvalue weighted by Gasteiger charge is 2.28. The fourth-order valence-electron chi connectivity index (χ4n) is 4.07. The van der Waals surface area contributed by atoms with E-state index in [9.17, 15) is 19.1 Å². The van der Waals surface area contributed by atoms with Crippen molar-refractivity contribution < 1.29 is 19.4 Å². The quantitative estimate of drug-likeness (QED) is 0.645. The molecule has 2 N–H and O–H groups in total. The maximum atomic E-state index is 14.9. The lowest BCUT2D eigenvalue weighted by Gasteiger charge is -2.36. The topological polar surface area (TPSA) is 86.0 Å². The van der Waals surface area contributed by atoms with Crippen LogP contribution in [0.4, 0.5) is 10.1 Å². The van der Waals surface area contributed by atoms with Crippen molar-refractivity contribution >= 4 is 35.0 Å². The van der Waals surface area contributed by atoms with Gasteiger partial charge in [0.05, 0.1) is 11.2 Å². The summed E-state index contributed by atoms with van der Waals surface area (Å²) in [7, 11) is 0. The van der Waals surface area contributed by atoms with Crippen molar-refractivity contribution in [1.82, 2.24) is 9.47 Å². The zero-order valence-corrected chi connectivity index (χ0v) is 17.5. The second-order valence-electron chi connectivity index (χ2n) is 7.90. The van der Waals surface area contributed by atoms with Crippen LogP contribution in [0.3, 0.4) is 0 Å². The number of piperazine rings is 1. The van der Waals surface area contributed by atoms with Gasteiger partial charge in [0, 0.05) is 50.4 Å². The number of rotatable bonds is 7. The molecule has 1 saturated carbocycles. The summed E-state index contributed by atoms with van der Waals surface area (Å²) in [6.07, 6.45) is 4.99. The van der Waals surface area contributed by atoms with Crippen molar-refractivity contribution in [3.05, 3.63) is 39.9 Å². The number of nitrogens with zero attached hydrogens (tertiary/aromatic N) is 3. The Morgan fingerprint density at radius 3 is 2.43 bits per heavy atom. The summed E-state index contributed by atoms with van der Waals surface area (Å²) < 4.78 is 16.8. The summed E-state index contributed by atoms with van der Waals surface area (Å²) in [4.78, 5) is 28.3. The standard InChI is InChI=1S/C21H26FN3O4.ClH/c22-17-11-15-18(25(14-3-4-14)13-16(20(15)27)21(28)29)12-19(17)24-8-6-23(7-9-24)5-1-2-10-26;/h11-14,26H,1-10H2,(H,28,29);1H. The van der Waals surface area contributed by atoms with Gasteiger partial charge in [-0.05, 0) is 44.4 Å². The highest BCUT2D eigenvalue weighted by Crippen LogP contribution is 2.38. The van der Waals surface area contributed by atoms with E-state index < -0.39 is 17.2 Å². The van der Waals surface area contributed by atoms with Gasteiger partial charge in [-0.1, -0.05) is 0 Å². The van der Waals surface area contributed by atoms with Crippen LogP contribution in [0.2, 0.25) is 0 Å². The number of aliphatic hydroxyl groups excluding tert-OH is 1. The van der Waals surface area contributed by atoms with Gasteiger partial charge in [-0.3, -0.25) is 9.69 Å². The van der Waals surface area contributed by atoms with E-state index in [4.69, 9.17) is 5.11 Å². The van der Waals surface area contributed by atoms with Gasteiger partial charge < -0.3 is 19.7 Å². The van der Waals surface area contributed by atoms with Gasteiger partial charge in [-0.15, -0.1) is 12.4 Å². The number of fused-ring (bicyclic) bond motifs is 1. The van der Waals surface area contributed by atoms with Gasteiger partial charge in [0.1, 0.15) is 11.4 Å². The molecule has 0 unspecified atom stereocenters. The van der Waals surface area contributed by atoms with E-state index in [0.717, 1.165) is 45.3 Å². The Labute approximate surface area is 180 Å². The summed E-state index contributed by atoms with van der Waals surface area (Å²) in [5.74, 6) is -1.78. The number of carboxylic acid groups (broad SMARTS) is 1. The molecule has 0 spiro atoms. The average Bonchev–Trinajstić information content (AvgIpc) is 3.54. The minimum Gasteiger partial charge on any atom is -0.477 e. The number of aliphatic hydroxyl groups is 1. The molecule has 1 aromatic carbocycles. The van der Waals surface area contributed by atoms with Crippen LogP contribution in [0.5, 0.6) is 0 Å². The Morgan fingerprint density at radius 1 is 1.13 bits per heavy atom. The summed E-state index contributed by atoms with van der Waals surface area (Å²) in [5.41, 5.74) is 0.116. The summed E-state index contributed by atoms with van der Waals surface area (Å²) >= 11 is 0. The number of carbonyl (C=O) groups is 1. The molecule has 0 amide bonds. The first-order chi connectivity index (χ1) is 14.0. The molecule has 2 fully saturated rings. The van der Waals surface area contributed by atoms with Crippen LogP contribution >= 0.6 is 12.4 Å². The zero-order chi connectivity index (χ0) is 20.5. The Morgan fingerprint density at radius 2 is 1.83 bits per heavy atom. The van der Waals surface area contributed by atoms with Crippen molar-refractivity contribution in [3.8, 4) is 0 Å². The smallest absolute Gasteiger partial charge is 0.341 e. The lowest BCUT2D eigenvalue weighted by Crippen LogP contribution is -2.47. The van der Waals surface area contributed by atoms with Gasteiger partial charge in [-0.2, -0.15) is 0 Å². The lowest BCUT2D eigenvalue weighted by molar-refractivity contribution is 0.0695. The van der Waals surface area contributed by atoms with Gasteiger partial charge in [0.25, 0.3) is 0 Å². The third-order valence-electron chi connectivity index (χ3n) is 5.87. The number of pyridine rings is 1. The molecule has 2 aliphatic rings. The van der Waals surface area contributed by atoms with E-state index in [0.29, 0.717) is 24.3 Å². The minimum absolute atomic E-state index is 0. The molecule has 30 heavy (non-hydrogen) atoms. The fraction of sp³-hybridized carbons (Fsp3) is 0.524. The molecule has 0 bridgehead atoms. The average molecular weight is 440 g/mol. The first-order valence-electron chi connectivity index (χ1n) is 10.2. The van der Waals surface area contributed by atoms with Crippen molar-refractivity contribution in [2.24, 2.45) is 0 Å².